The zero-order valence-corrected chi connectivity index (χ0v) is 22.6. The molecule has 4 aromatic carbocycles. The lowest BCUT2D eigenvalue weighted by Gasteiger charge is -2.38. The first kappa shape index (κ1) is 24.7. The van der Waals surface area contributed by atoms with Gasteiger partial charge in [0.05, 0.1) is 30.0 Å². The van der Waals surface area contributed by atoms with E-state index in [-0.39, 0.29) is 12.7 Å². The van der Waals surface area contributed by atoms with E-state index in [1.54, 1.807) is 30.3 Å². The zero-order chi connectivity index (χ0) is 28.5. The van der Waals surface area contributed by atoms with Crippen LogP contribution in [0.5, 0.6) is 23.0 Å². The highest BCUT2D eigenvalue weighted by atomic mass is 16.7. The lowest BCUT2D eigenvalue weighted by Crippen LogP contribution is -2.42. The van der Waals surface area contributed by atoms with Crippen LogP contribution in [0, 0.1) is 17.8 Å². The number of carbonyl (C=O) groups is 3. The lowest BCUT2D eigenvalue weighted by molar-refractivity contribution is -0.142. The molecule has 2 amide bonds. The van der Waals surface area contributed by atoms with E-state index >= 15 is 0 Å². The molecule has 4 aromatic rings. The van der Waals surface area contributed by atoms with Gasteiger partial charge in [0.2, 0.25) is 18.6 Å². The molecule has 0 bridgehead atoms. The molecule has 1 aliphatic carbocycles. The van der Waals surface area contributed by atoms with E-state index in [9.17, 15) is 14.4 Å². The Morgan fingerprint density at radius 2 is 1.60 bits per heavy atom. The summed E-state index contributed by atoms with van der Waals surface area (Å²) in [6.45, 7) is 2.50. The predicted molar refractivity (Wildman–Crippen MR) is 153 cm³/mol. The van der Waals surface area contributed by atoms with E-state index in [1.807, 2.05) is 61.5 Å². The minimum absolute atomic E-state index is 0.118. The van der Waals surface area contributed by atoms with Crippen molar-refractivity contribution in [2.24, 2.45) is 17.8 Å². The molecule has 0 spiro atoms. The van der Waals surface area contributed by atoms with E-state index in [4.69, 9.17) is 18.9 Å². The van der Waals surface area contributed by atoms with Crippen molar-refractivity contribution in [3.63, 3.8) is 0 Å². The van der Waals surface area contributed by atoms with Gasteiger partial charge >= 0.3 is 5.97 Å². The Hall–Kier alpha value is -5.11. The van der Waals surface area contributed by atoms with Crippen LogP contribution in [-0.2, 0) is 14.4 Å². The molecule has 3 aliphatic heterocycles. The number of ether oxygens (including phenoxy) is 4. The summed E-state index contributed by atoms with van der Waals surface area (Å²) in [6, 6.07) is 24.0. The topological polar surface area (TPSA) is 91.4 Å². The number of hydrogen-bond acceptors (Lipinski definition) is 7. The van der Waals surface area contributed by atoms with Crippen LogP contribution in [-0.4, -0.2) is 31.2 Å². The average molecular weight is 560 g/mol. The number of benzene rings is 4. The van der Waals surface area contributed by atoms with Gasteiger partial charge in [-0.15, -0.1) is 0 Å². The predicted octanol–water partition coefficient (Wildman–Crippen LogP) is 5.49. The van der Waals surface area contributed by atoms with Crippen LogP contribution in [0.3, 0.4) is 0 Å². The minimum atomic E-state index is -0.945. The van der Waals surface area contributed by atoms with Crippen molar-refractivity contribution in [3.8, 4) is 23.0 Å². The number of imide groups is 1. The third-order valence-corrected chi connectivity index (χ3v) is 8.67. The Labute approximate surface area is 241 Å². The summed E-state index contributed by atoms with van der Waals surface area (Å²) >= 11 is 0. The summed E-state index contributed by atoms with van der Waals surface area (Å²) in [7, 11) is 0. The molecule has 4 atom stereocenters. The van der Waals surface area contributed by atoms with Gasteiger partial charge in [-0.25, -0.2) is 4.90 Å². The average Bonchev–Trinajstić information content (AvgIpc) is 3.58. The van der Waals surface area contributed by atoms with E-state index < -0.39 is 35.5 Å². The lowest BCUT2D eigenvalue weighted by atomic mass is 9.64. The summed E-state index contributed by atoms with van der Waals surface area (Å²) in [5, 5.41) is 1.90. The molecule has 208 valence electrons. The second-order valence-electron chi connectivity index (χ2n) is 10.8. The number of carbonyl (C=O) groups excluding carboxylic acids is 3. The van der Waals surface area contributed by atoms with Gasteiger partial charge in [-0.3, -0.25) is 14.4 Å². The highest BCUT2D eigenvalue weighted by Gasteiger charge is 2.60. The highest BCUT2D eigenvalue weighted by molar-refractivity contribution is 6.25. The first-order valence-corrected chi connectivity index (χ1v) is 14.0. The van der Waals surface area contributed by atoms with E-state index in [2.05, 4.69) is 0 Å². The molecule has 0 unspecified atom stereocenters. The van der Waals surface area contributed by atoms with Crippen LogP contribution < -0.4 is 23.8 Å². The summed E-state index contributed by atoms with van der Waals surface area (Å²) < 4.78 is 22.6. The maximum absolute atomic E-state index is 14.3. The largest absolute Gasteiger partial charge is 0.494 e. The van der Waals surface area contributed by atoms with Crippen molar-refractivity contribution in [2.75, 3.05) is 18.3 Å². The molecule has 0 saturated carbocycles. The second-order valence-corrected chi connectivity index (χ2v) is 10.8. The molecule has 0 radical (unpaired) electrons. The third-order valence-electron chi connectivity index (χ3n) is 8.67. The fourth-order valence-corrected chi connectivity index (χ4v) is 6.89. The van der Waals surface area contributed by atoms with Gasteiger partial charge in [0.15, 0.2) is 11.5 Å². The maximum atomic E-state index is 14.3. The Morgan fingerprint density at radius 3 is 2.43 bits per heavy atom. The number of nitrogens with zero attached hydrogens (tertiary/aromatic N) is 1. The molecular weight excluding hydrogens is 534 g/mol. The number of anilines is 1. The van der Waals surface area contributed by atoms with Crippen LogP contribution in [0.25, 0.3) is 16.3 Å². The van der Waals surface area contributed by atoms with Crippen molar-refractivity contribution < 1.29 is 33.3 Å². The van der Waals surface area contributed by atoms with Crippen molar-refractivity contribution in [3.05, 3.63) is 96.1 Å². The number of fused-ring (bicyclic) bond motifs is 8. The molecule has 8 rings (SSSR count). The third kappa shape index (κ3) is 3.51. The summed E-state index contributed by atoms with van der Waals surface area (Å²) in [5.74, 6) is -2.21. The van der Waals surface area contributed by atoms with Crippen LogP contribution in [0.1, 0.15) is 24.0 Å². The number of rotatable bonds is 4. The van der Waals surface area contributed by atoms with Gasteiger partial charge in [0.25, 0.3) is 0 Å². The number of amides is 2. The summed E-state index contributed by atoms with van der Waals surface area (Å²) in [4.78, 5) is 43.4. The van der Waals surface area contributed by atoms with Gasteiger partial charge in [0.1, 0.15) is 11.5 Å². The van der Waals surface area contributed by atoms with Crippen molar-refractivity contribution >= 4 is 39.8 Å². The minimum Gasteiger partial charge on any atom is -0.494 e. The highest BCUT2D eigenvalue weighted by Crippen LogP contribution is 2.56. The molecule has 8 heteroatoms. The summed E-state index contributed by atoms with van der Waals surface area (Å²) in [5.41, 5.74) is 2.72. The van der Waals surface area contributed by atoms with Crippen molar-refractivity contribution in [2.45, 2.75) is 12.8 Å². The number of hydrogen-bond donors (Lipinski definition) is 0. The first-order chi connectivity index (χ1) is 20.5. The smallest absolute Gasteiger partial charge is 0.319 e. The number of allylic oxidation sites excluding steroid dienone is 1. The molecule has 1 fully saturated rings. The molecule has 0 N–H and O–H groups in total. The second kappa shape index (κ2) is 9.21. The fraction of sp³-hybridized carbons (Fsp3) is 0.206. The van der Waals surface area contributed by atoms with Gasteiger partial charge in [-0.1, -0.05) is 42.5 Å². The van der Waals surface area contributed by atoms with Crippen molar-refractivity contribution in [1.29, 1.82) is 0 Å². The first-order valence-electron chi connectivity index (χ1n) is 14.0. The zero-order valence-electron chi connectivity index (χ0n) is 22.6. The van der Waals surface area contributed by atoms with Gasteiger partial charge in [0, 0.05) is 11.5 Å². The van der Waals surface area contributed by atoms with Crippen LogP contribution in [0.2, 0.25) is 0 Å². The molecule has 1 saturated heterocycles. The quantitative estimate of drug-likeness (QED) is 0.186. The Kier molecular flexibility index (Phi) is 5.41. The van der Waals surface area contributed by atoms with Gasteiger partial charge in [-0.2, -0.15) is 0 Å². The Morgan fingerprint density at radius 1 is 0.833 bits per heavy atom. The SMILES string of the molecule is CCOc1ccc(N2C(=O)[C@@H]3[C@@H]4C(=O)Oc5ccc6ccccc6c5C4=C[C@@H](c4ccc5c(c4)OCO5)[C@H]3C2=O)cc1. The number of esters is 1. The summed E-state index contributed by atoms with van der Waals surface area (Å²) in [6.07, 6.45) is 1.99. The van der Waals surface area contributed by atoms with E-state index in [1.165, 1.54) is 4.90 Å². The standard InChI is InChI=1S/C34H25NO7/c1-2-39-21-11-9-20(10-12-21)35-32(36)29-23(19-8-13-25-27(15-19)41-17-40-25)16-24-28-22-6-4-3-5-18(22)7-14-26(28)42-34(38)30(24)31(29)33(35)37/h3-16,23,29-31H,2,17H2,1H3/t23-,29+,30+,31-/m0/s1. The molecule has 4 aliphatic rings. The van der Waals surface area contributed by atoms with E-state index in [0.717, 1.165) is 21.9 Å². The monoisotopic (exact) mass is 559 g/mol. The van der Waals surface area contributed by atoms with Gasteiger partial charge < -0.3 is 18.9 Å². The Balaban J connectivity index is 1.32. The van der Waals surface area contributed by atoms with Crippen LogP contribution >= 0.6 is 0 Å². The molecule has 8 nitrogen and oxygen atoms in total. The van der Waals surface area contributed by atoms with Gasteiger partial charge in [-0.05, 0) is 71.3 Å². The molecular formula is C34H25NO7. The maximum Gasteiger partial charge on any atom is 0.319 e. The molecule has 3 heterocycles. The van der Waals surface area contributed by atoms with Crippen LogP contribution in [0.4, 0.5) is 5.69 Å². The normalized spacial score (nSPS) is 23.7. The Bertz CT molecular complexity index is 1840. The fourth-order valence-electron chi connectivity index (χ4n) is 6.89. The molecule has 0 aromatic heterocycles. The van der Waals surface area contributed by atoms with Crippen LogP contribution in [0.15, 0.2) is 84.9 Å². The molecule has 42 heavy (non-hydrogen) atoms. The van der Waals surface area contributed by atoms with Crippen molar-refractivity contribution in [1.82, 2.24) is 0 Å². The van der Waals surface area contributed by atoms with E-state index in [0.29, 0.717) is 40.9 Å².